The first kappa shape index (κ1) is 12.0. The third-order valence-corrected chi connectivity index (χ3v) is 4.63. The molecule has 0 saturated heterocycles. The molecule has 4 rings (SSSR count). The van der Waals surface area contributed by atoms with Crippen molar-refractivity contribution in [3.05, 3.63) is 64.7 Å². The zero-order chi connectivity index (χ0) is 13.7. The molecule has 0 radical (unpaired) electrons. The normalized spacial score (nSPS) is 22.2. The van der Waals surface area contributed by atoms with Gasteiger partial charge in [-0.1, -0.05) is 42.0 Å². The van der Waals surface area contributed by atoms with Gasteiger partial charge >= 0.3 is 0 Å². The van der Waals surface area contributed by atoms with E-state index in [2.05, 4.69) is 49.4 Å². The van der Waals surface area contributed by atoms with Gasteiger partial charge in [-0.2, -0.15) is 0 Å². The Morgan fingerprint density at radius 2 is 1.80 bits per heavy atom. The topological polar surface area (TPSA) is 35.2 Å². The van der Waals surface area contributed by atoms with Gasteiger partial charge in [0.05, 0.1) is 0 Å². The standard InChI is InChI=1S/C18H19NO/c1-12-6-7-17-15(8-12)16(19)11-18(20-17)9-13-4-2-3-5-14(13)10-18/h2-8,16H,9-11,19H2,1H3/t16-/m0/s1. The van der Waals surface area contributed by atoms with Gasteiger partial charge in [0.1, 0.15) is 11.4 Å². The largest absolute Gasteiger partial charge is 0.486 e. The number of hydrogen-bond acceptors (Lipinski definition) is 2. The minimum atomic E-state index is -0.134. The maximum Gasteiger partial charge on any atom is 0.124 e. The second-order valence-electron chi connectivity index (χ2n) is 6.26. The molecule has 102 valence electrons. The summed E-state index contributed by atoms with van der Waals surface area (Å²) in [6.07, 6.45) is 2.85. The first-order valence-corrected chi connectivity index (χ1v) is 7.27. The molecule has 1 aliphatic heterocycles. The third-order valence-electron chi connectivity index (χ3n) is 4.63. The molecule has 2 nitrogen and oxygen atoms in total. The number of benzene rings is 2. The predicted molar refractivity (Wildman–Crippen MR) is 79.9 cm³/mol. The van der Waals surface area contributed by atoms with Gasteiger partial charge < -0.3 is 10.5 Å². The fourth-order valence-electron chi connectivity index (χ4n) is 3.71. The summed E-state index contributed by atoms with van der Waals surface area (Å²) in [5.74, 6) is 0.974. The molecule has 0 saturated carbocycles. The highest BCUT2D eigenvalue weighted by Gasteiger charge is 2.44. The molecule has 2 aromatic carbocycles. The monoisotopic (exact) mass is 265 g/mol. The zero-order valence-electron chi connectivity index (χ0n) is 11.7. The molecule has 2 N–H and O–H groups in total. The van der Waals surface area contributed by atoms with E-state index in [1.807, 2.05) is 0 Å². The molecule has 0 bridgehead atoms. The fourth-order valence-corrected chi connectivity index (χ4v) is 3.71. The van der Waals surface area contributed by atoms with Crippen LogP contribution in [-0.2, 0) is 12.8 Å². The van der Waals surface area contributed by atoms with Crippen molar-refractivity contribution in [1.82, 2.24) is 0 Å². The lowest BCUT2D eigenvalue weighted by atomic mass is 9.85. The summed E-state index contributed by atoms with van der Waals surface area (Å²) >= 11 is 0. The Hall–Kier alpha value is -1.80. The van der Waals surface area contributed by atoms with E-state index >= 15 is 0 Å². The number of ether oxygens (including phenoxy) is 1. The third kappa shape index (κ3) is 1.75. The summed E-state index contributed by atoms with van der Waals surface area (Å²) in [5.41, 5.74) is 11.5. The van der Waals surface area contributed by atoms with E-state index in [0.717, 1.165) is 30.6 Å². The molecule has 2 heteroatoms. The van der Waals surface area contributed by atoms with Crippen LogP contribution in [0, 0.1) is 6.92 Å². The molecule has 0 aromatic heterocycles. The van der Waals surface area contributed by atoms with Crippen LogP contribution in [0.4, 0.5) is 0 Å². The molecule has 2 aliphatic rings. The molecular weight excluding hydrogens is 246 g/mol. The molecule has 0 amide bonds. The minimum Gasteiger partial charge on any atom is -0.486 e. The van der Waals surface area contributed by atoms with Gasteiger partial charge in [-0.3, -0.25) is 0 Å². The number of nitrogens with two attached hydrogens (primary N) is 1. The lowest BCUT2D eigenvalue weighted by Gasteiger charge is -2.39. The molecule has 1 spiro atoms. The number of rotatable bonds is 0. The van der Waals surface area contributed by atoms with Crippen LogP contribution in [0.3, 0.4) is 0 Å². The van der Waals surface area contributed by atoms with Crippen LogP contribution >= 0.6 is 0 Å². The van der Waals surface area contributed by atoms with Crippen LogP contribution in [0.5, 0.6) is 5.75 Å². The fraction of sp³-hybridized carbons (Fsp3) is 0.333. The van der Waals surface area contributed by atoms with Crippen molar-refractivity contribution in [2.75, 3.05) is 0 Å². The molecular formula is C18H19NO. The predicted octanol–water partition coefficient (Wildman–Crippen LogP) is 3.31. The molecule has 1 atom stereocenters. The minimum absolute atomic E-state index is 0.0768. The van der Waals surface area contributed by atoms with E-state index in [1.165, 1.54) is 16.7 Å². The average Bonchev–Trinajstić information content (AvgIpc) is 2.77. The summed E-state index contributed by atoms with van der Waals surface area (Å²) in [6.45, 7) is 2.10. The van der Waals surface area contributed by atoms with E-state index < -0.39 is 0 Å². The number of hydrogen-bond donors (Lipinski definition) is 1. The maximum absolute atomic E-state index is 6.42. The summed E-state index contributed by atoms with van der Waals surface area (Å²) in [5, 5.41) is 0. The van der Waals surface area contributed by atoms with Crippen molar-refractivity contribution in [2.45, 2.75) is 37.8 Å². The van der Waals surface area contributed by atoms with Gasteiger partial charge in [0.15, 0.2) is 0 Å². The highest BCUT2D eigenvalue weighted by molar-refractivity contribution is 5.44. The van der Waals surface area contributed by atoms with Crippen LogP contribution in [0.25, 0.3) is 0 Å². The van der Waals surface area contributed by atoms with Gasteiger partial charge in [-0.25, -0.2) is 0 Å². The van der Waals surface area contributed by atoms with Crippen LogP contribution in [-0.4, -0.2) is 5.60 Å². The van der Waals surface area contributed by atoms with E-state index in [-0.39, 0.29) is 11.6 Å². The van der Waals surface area contributed by atoms with E-state index in [9.17, 15) is 0 Å². The van der Waals surface area contributed by atoms with Crippen molar-refractivity contribution in [1.29, 1.82) is 0 Å². The number of fused-ring (bicyclic) bond motifs is 2. The number of aryl methyl sites for hydroxylation is 1. The zero-order valence-corrected chi connectivity index (χ0v) is 11.7. The molecule has 20 heavy (non-hydrogen) atoms. The van der Waals surface area contributed by atoms with Crippen LogP contribution in [0.2, 0.25) is 0 Å². The summed E-state index contributed by atoms with van der Waals surface area (Å²) in [7, 11) is 0. The Labute approximate surface area is 119 Å². The Kier molecular flexibility index (Phi) is 2.45. The van der Waals surface area contributed by atoms with Crippen molar-refractivity contribution in [3.8, 4) is 5.75 Å². The maximum atomic E-state index is 6.42. The summed E-state index contributed by atoms with van der Waals surface area (Å²) in [4.78, 5) is 0. The SMILES string of the molecule is Cc1ccc2c(c1)[C@@H](N)CC1(Cc3ccccc3C1)O2. The van der Waals surface area contributed by atoms with Crippen LogP contribution in [0.15, 0.2) is 42.5 Å². The average molecular weight is 265 g/mol. The molecule has 2 aromatic rings. The lowest BCUT2D eigenvalue weighted by molar-refractivity contribution is 0.0459. The van der Waals surface area contributed by atoms with Crippen molar-refractivity contribution < 1.29 is 4.74 Å². The highest BCUT2D eigenvalue weighted by atomic mass is 16.5. The first-order chi connectivity index (χ1) is 9.65. The van der Waals surface area contributed by atoms with Crippen LogP contribution < -0.4 is 10.5 Å². The second kappa shape index (κ2) is 4.10. The quantitative estimate of drug-likeness (QED) is 0.793. The van der Waals surface area contributed by atoms with Crippen LogP contribution in [0.1, 0.15) is 34.7 Å². The molecule has 1 heterocycles. The van der Waals surface area contributed by atoms with Gasteiger partial charge in [0.2, 0.25) is 0 Å². The van der Waals surface area contributed by atoms with Gasteiger partial charge in [0.25, 0.3) is 0 Å². The highest BCUT2D eigenvalue weighted by Crippen LogP contribution is 2.45. The van der Waals surface area contributed by atoms with Gasteiger partial charge in [0, 0.05) is 30.9 Å². The van der Waals surface area contributed by atoms with Gasteiger partial charge in [-0.05, 0) is 24.1 Å². The van der Waals surface area contributed by atoms with E-state index in [1.54, 1.807) is 0 Å². The van der Waals surface area contributed by atoms with E-state index in [0.29, 0.717) is 0 Å². The second-order valence-corrected chi connectivity index (χ2v) is 6.26. The molecule has 0 fully saturated rings. The Morgan fingerprint density at radius 3 is 2.50 bits per heavy atom. The van der Waals surface area contributed by atoms with Crippen molar-refractivity contribution in [2.24, 2.45) is 5.73 Å². The smallest absolute Gasteiger partial charge is 0.124 e. The Morgan fingerprint density at radius 1 is 1.10 bits per heavy atom. The first-order valence-electron chi connectivity index (χ1n) is 7.27. The van der Waals surface area contributed by atoms with E-state index in [4.69, 9.17) is 10.5 Å². The Balaban J connectivity index is 1.73. The summed E-state index contributed by atoms with van der Waals surface area (Å²) < 4.78 is 6.41. The molecule has 0 unspecified atom stereocenters. The van der Waals surface area contributed by atoms with Crippen molar-refractivity contribution in [3.63, 3.8) is 0 Å². The van der Waals surface area contributed by atoms with Crippen molar-refractivity contribution >= 4 is 0 Å². The lowest BCUT2D eigenvalue weighted by Crippen LogP contribution is -2.43. The van der Waals surface area contributed by atoms with Gasteiger partial charge in [-0.15, -0.1) is 0 Å². The Bertz CT molecular complexity index is 652. The molecule has 1 aliphatic carbocycles. The summed E-state index contributed by atoms with van der Waals surface area (Å²) in [6, 6.07) is 15.1.